The van der Waals surface area contributed by atoms with Crippen molar-refractivity contribution in [3.05, 3.63) is 59.7 Å². The Morgan fingerprint density at radius 1 is 1.10 bits per heavy atom. The van der Waals surface area contributed by atoms with Crippen LogP contribution < -0.4 is 9.47 Å². The summed E-state index contributed by atoms with van der Waals surface area (Å²) in [4.78, 5) is 14.8. The van der Waals surface area contributed by atoms with Crippen molar-refractivity contribution in [3.8, 4) is 11.5 Å². The molecule has 1 amide bonds. The van der Waals surface area contributed by atoms with Crippen molar-refractivity contribution in [2.75, 3.05) is 26.8 Å². The van der Waals surface area contributed by atoms with Crippen LogP contribution >= 0.6 is 0 Å². The standard InChI is InChI=1S/C30H38F3NO5/c1-20(35)29(2)19-34(28(36)18-38-17-21-7-5-4-6-8-21)16-25(29)22-9-14-26(37-3)27(15-22)39-24-12-10-23(11-13-24)30(31,32)33/h4-9,14-15,20,23-25,35H,10-13,16-19H2,1-3H3. The molecule has 9 heteroatoms. The predicted octanol–water partition coefficient (Wildman–Crippen LogP) is 5.72. The zero-order valence-electron chi connectivity index (χ0n) is 22.7. The molecule has 0 radical (unpaired) electrons. The van der Waals surface area contributed by atoms with Gasteiger partial charge in [0.05, 0.1) is 31.8 Å². The lowest BCUT2D eigenvalue weighted by molar-refractivity contribution is -0.185. The van der Waals surface area contributed by atoms with E-state index in [0.29, 0.717) is 44.0 Å². The zero-order valence-corrected chi connectivity index (χ0v) is 22.7. The molecule has 3 atom stereocenters. The summed E-state index contributed by atoms with van der Waals surface area (Å²) in [5, 5.41) is 10.8. The molecule has 39 heavy (non-hydrogen) atoms. The van der Waals surface area contributed by atoms with Crippen molar-refractivity contribution in [2.45, 2.75) is 70.4 Å². The molecule has 1 aliphatic heterocycles. The Hall–Kier alpha value is -2.78. The number of nitrogens with zero attached hydrogens (tertiary/aromatic N) is 1. The second-order valence-corrected chi connectivity index (χ2v) is 11.0. The first-order valence-corrected chi connectivity index (χ1v) is 13.5. The van der Waals surface area contributed by atoms with Gasteiger partial charge in [0, 0.05) is 24.4 Å². The van der Waals surface area contributed by atoms with Crippen LogP contribution in [0.3, 0.4) is 0 Å². The SMILES string of the molecule is COc1ccc(C2CN(C(=O)COCc3ccccc3)CC2(C)C(C)O)cc1OC1CCC(C(F)(F)F)CC1. The van der Waals surface area contributed by atoms with Crippen molar-refractivity contribution in [3.63, 3.8) is 0 Å². The van der Waals surface area contributed by atoms with Gasteiger partial charge in [-0.1, -0.05) is 43.3 Å². The number of halogens is 3. The first kappa shape index (κ1) is 29.2. The highest BCUT2D eigenvalue weighted by Gasteiger charge is 2.48. The highest BCUT2D eigenvalue weighted by atomic mass is 19.4. The van der Waals surface area contributed by atoms with Gasteiger partial charge in [-0.2, -0.15) is 13.2 Å². The number of benzene rings is 2. The van der Waals surface area contributed by atoms with Crippen LogP contribution in [0.5, 0.6) is 11.5 Å². The van der Waals surface area contributed by atoms with Gasteiger partial charge in [-0.25, -0.2) is 0 Å². The molecule has 2 aromatic carbocycles. The largest absolute Gasteiger partial charge is 0.493 e. The fraction of sp³-hybridized carbons (Fsp3) is 0.567. The number of alkyl halides is 3. The number of aliphatic hydroxyl groups is 1. The fourth-order valence-electron chi connectivity index (χ4n) is 5.73. The lowest BCUT2D eigenvalue weighted by Crippen LogP contribution is -2.38. The topological polar surface area (TPSA) is 68.2 Å². The lowest BCUT2D eigenvalue weighted by atomic mass is 9.72. The van der Waals surface area contributed by atoms with E-state index in [1.807, 2.05) is 49.4 Å². The van der Waals surface area contributed by atoms with E-state index in [9.17, 15) is 23.1 Å². The average Bonchev–Trinajstić information content (AvgIpc) is 3.28. The number of rotatable bonds is 9. The molecule has 2 fully saturated rings. The van der Waals surface area contributed by atoms with Crippen molar-refractivity contribution in [1.82, 2.24) is 4.90 Å². The molecule has 1 aliphatic carbocycles. The van der Waals surface area contributed by atoms with E-state index in [1.165, 1.54) is 7.11 Å². The molecule has 4 rings (SSSR count). The van der Waals surface area contributed by atoms with Gasteiger partial charge in [0.2, 0.25) is 5.91 Å². The molecule has 2 aliphatic rings. The van der Waals surface area contributed by atoms with Crippen LogP contribution in [0.25, 0.3) is 0 Å². The number of amides is 1. The van der Waals surface area contributed by atoms with E-state index in [-0.39, 0.29) is 37.4 Å². The minimum absolute atomic E-state index is 0.0440. The molecule has 1 saturated heterocycles. The van der Waals surface area contributed by atoms with Gasteiger partial charge < -0.3 is 24.2 Å². The molecule has 1 heterocycles. The minimum Gasteiger partial charge on any atom is -0.493 e. The molecular weight excluding hydrogens is 511 g/mol. The quantitative estimate of drug-likeness (QED) is 0.433. The summed E-state index contributed by atoms with van der Waals surface area (Å²) >= 11 is 0. The normalized spacial score (nSPS) is 26.3. The van der Waals surface area contributed by atoms with Gasteiger partial charge in [0.1, 0.15) is 6.61 Å². The first-order valence-electron chi connectivity index (χ1n) is 13.5. The van der Waals surface area contributed by atoms with E-state index in [1.54, 1.807) is 17.9 Å². The highest BCUT2D eigenvalue weighted by molar-refractivity contribution is 5.78. The number of carbonyl (C=O) groups is 1. The second-order valence-electron chi connectivity index (χ2n) is 11.0. The maximum atomic E-state index is 13.1. The van der Waals surface area contributed by atoms with Gasteiger partial charge in [-0.3, -0.25) is 4.79 Å². The number of carbonyl (C=O) groups excluding carboxylic acids is 1. The lowest BCUT2D eigenvalue weighted by Gasteiger charge is -2.34. The Labute approximate surface area is 228 Å². The average molecular weight is 550 g/mol. The molecule has 1 N–H and O–H groups in total. The zero-order chi connectivity index (χ0) is 28.2. The van der Waals surface area contributed by atoms with E-state index in [0.717, 1.165) is 11.1 Å². The van der Waals surface area contributed by atoms with Gasteiger partial charge in [-0.15, -0.1) is 0 Å². The number of ether oxygens (including phenoxy) is 3. The Balaban J connectivity index is 1.46. The smallest absolute Gasteiger partial charge is 0.391 e. The van der Waals surface area contributed by atoms with E-state index in [2.05, 4.69) is 0 Å². The van der Waals surface area contributed by atoms with E-state index >= 15 is 0 Å². The van der Waals surface area contributed by atoms with Gasteiger partial charge in [0.15, 0.2) is 11.5 Å². The van der Waals surface area contributed by atoms with E-state index in [4.69, 9.17) is 14.2 Å². The Kier molecular flexibility index (Phi) is 9.11. The maximum absolute atomic E-state index is 13.1. The van der Waals surface area contributed by atoms with Crippen LogP contribution in [-0.2, 0) is 16.1 Å². The number of hydrogen-bond acceptors (Lipinski definition) is 5. The summed E-state index contributed by atoms with van der Waals surface area (Å²) in [5.41, 5.74) is 1.24. The van der Waals surface area contributed by atoms with Crippen LogP contribution in [0, 0.1) is 11.3 Å². The summed E-state index contributed by atoms with van der Waals surface area (Å²) in [5.74, 6) is -0.655. The number of aliphatic hydroxyl groups excluding tert-OH is 1. The number of likely N-dealkylation sites (tertiary alicyclic amines) is 1. The highest BCUT2D eigenvalue weighted by Crippen LogP contribution is 2.47. The van der Waals surface area contributed by atoms with Gasteiger partial charge in [-0.05, 0) is 55.9 Å². The summed E-state index contributed by atoms with van der Waals surface area (Å²) in [6.07, 6.45) is -4.49. The van der Waals surface area contributed by atoms with Crippen LogP contribution in [0.2, 0.25) is 0 Å². The van der Waals surface area contributed by atoms with Crippen molar-refractivity contribution >= 4 is 5.91 Å². The summed E-state index contributed by atoms with van der Waals surface area (Å²) in [7, 11) is 1.52. The minimum atomic E-state index is -4.17. The third kappa shape index (κ3) is 6.87. The van der Waals surface area contributed by atoms with Crippen LogP contribution in [0.15, 0.2) is 48.5 Å². The Morgan fingerprint density at radius 2 is 1.79 bits per heavy atom. The molecular formula is C30H38F3NO5. The maximum Gasteiger partial charge on any atom is 0.391 e. The molecule has 0 spiro atoms. The van der Waals surface area contributed by atoms with Crippen molar-refractivity contribution in [2.24, 2.45) is 11.3 Å². The molecule has 6 nitrogen and oxygen atoms in total. The third-order valence-corrected chi connectivity index (χ3v) is 8.40. The van der Waals surface area contributed by atoms with Gasteiger partial charge >= 0.3 is 6.18 Å². The summed E-state index contributed by atoms with van der Waals surface area (Å²) in [6, 6.07) is 15.2. The number of methoxy groups -OCH3 is 1. The van der Waals surface area contributed by atoms with Crippen LogP contribution in [-0.4, -0.2) is 61.1 Å². The second kappa shape index (κ2) is 12.2. The number of hydrogen-bond donors (Lipinski definition) is 1. The Morgan fingerprint density at radius 3 is 2.41 bits per heavy atom. The molecule has 214 valence electrons. The molecule has 2 aromatic rings. The van der Waals surface area contributed by atoms with E-state index < -0.39 is 23.6 Å². The molecule has 0 aromatic heterocycles. The molecule has 3 unspecified atom stereocenters. The summed E-state index contributed by atoms with van der Waals surface area (Å²) < 4.78 is 56.6. The fourth-order valence-corrected chi connectivity index (χ4v) is 5.73. The first-order chi connectivity index (χ1) is 18.5. The van der Waals surface area contributed by atoms with Crippen LogP contribution in [0.4, 0.5) is 13.2 Å². The van der Waals surface area contributed by atoms with Gasteiger partial charge in [0.25, 0.3) is 0 Å². The Bertz CT molecular complexity index is 1100. The molecule has 0 bridgehead atoms. The van der Waals surface area contributed by atoms with Crippen molar-refractivity contribution < 1.29 is 37.3 Å². The summed E-state index contributed by atoms with van der Waals surface area (Å²) in [6.45, 7) is 4.73. The van der Waals surface area contributed by atoms with Crippen LogP contribution in [0.1, 0.15) is 56.6 Å². The third-order valence-electron chi connectivity index (χ3n) is 8.40. The predicted molar refractivity (Wildman–Crippen MR) is 141 cm³/mol. The molecule has 1 saturated carbocycles. The monoisotopic (exact) mass is 549 g/mol. The van der Waals surface area contributed by atoms with Crippen molar-refractivity contribution in [1.29, 1.82) is 0 Å².